The number of nitrogens with zero attached hydrogens (tertiary/aromatic N) is 3. The van der Waals surface area contributed by atoms with Crippen LogP contribution in [0.15, 0.2) is 30.5 Å². The van der Waals surface area contributed by atoms with Gasteiger partial charge in [0, 0.05) is 12.2 Å². The van der Waals surface area contributed by atoms with Crippen LogP contribution in [-0.4, -0.2) is 52.4 Å². The molecule has 2 aromatic rings. The number of amides is 1. The number of nitrogens with one attached hydrogen (secondary N) is 1. The molecule has 1 aliphatic rings. The zero-order chi connectivity index (χ0) is 22.6. The number of carbonyl (C=O) groups is 1. The summed E-state index contributed by atoms with van der Waals surface area (Å²) in [6, 6.07) is 7.98. The summed E-state index contributed by atoms with van der Waals surface area (Å²) in [5, 5.41) is 3.57. The van der Waals surface area contributed by atoms with Crippen molar-refractivity contribution in [1.82, 2.24) is 14.9 Å². The van der Waals surface area contributed by atoms with E-state index >= 15 is 0 Å². The van der Waals surface area contributed by atoms with Crippen LogP contribution in [0.3, 0.4) is 0 Å². The second-order valence-corrected chi connectivity index (χ2v) is 8.96. The van der Waals surface area contributed by atoms with Gasteiger partial charge in [-0.2, -0.15) is 4.98 Å². The molecule has 0 aliphatic carbocycles. The molecule has 0 bridgehead atoms. The average molecular weight is 449 g/mol. The van der Waals surface area contributed by atoms with Gasteiger partial charge in [0.1, 0.15) is 16.7 Å². The van der Waals surface area contributed by atoms with Gasteiger partial charge >= 0.3 is 12.1 Å². The van der Waals surface area contributed by atoms with E-state index in [1.807, 2.05) is 58.9 Å². The maximum absolute atomic E-state index is 12.4. The fourth-order valence-electron chi connectivity index (χ4n) is 2.97. The van der Waals surface area contributed by atoms with Crippen molar-refractivity contribution in [3.63, 3.8) is 0 Å². The molecule has 1 aliphatic heterocycles. The van der Waals surface area contributed by atoms with Gasteiger partial charge < -0.3 is 24.4 Å². The van der Waals surface area contributed by atoms with Crippen LogP contribution < -0.4 is 10.1 Å². The van der Waals surface area contributed by atoms with Crippen LogP contribution in [-0.2, 0) is 9.47 Å². The summed E-state index contributed by atoms with van der Waals surface area (Å²) in [5.74, 6) is 0.463. The molecule has 0 radical (unpaired) electrons. The Labute approximate surface area is 187 Å². The van der Waals surface area contributed by atoms with Crippen LogP contribution in [0, 0.1) is 0 Å². The molecule has 1 amide bonds. The molecule has 3 rings (SSSR count). The van der Waals surface area contributed by atoms with E-state index in [4.69, 9.17) is 25.8 Å². The van der Waals surface area contributed by atoms with E-state index in [-0.39, 0.29) is 24.3 Å². The Hall–Kier alpha value is -2.58. The van der Waals surface area contributed by atoms with Crippen LogP contribution in [0.4, 0.5) is 16.3 Å². The fraction of sp³-hybridized carbons (Fsp3) is 0.500. The van der Waals surface area contributed by atoms with Crippen molar-refractivity contribution in [2.75, 3.05) is 25.0 Å². The number of aromatic nitrogens is 2. The Morgan fingerprint density at radius 3 is 2.65 bits per heavy atom. The zero-order valence-corrected chi connectivity index (χ0v) is 19.3. The van der Waals surface area contributed by atoms with Gasteiger partial charge in [0.2, 0.25) is 0 Å². The van der Waals surface area contributed by atoms with Crippen molar-refractivity contribution in [1.29, 1.82) is 0 Å². The Bertz CT molecular complexity index is 899. The molecule has 0 unspecified atom stereocenters. The highest BCUT2D eigenvalue weighted by molar-refractivity contribution is 6.32. The highest BCUT2D eigenvalue weighted by Gasteiger charge is 2.28. The van der Waals surface area contributed by atoms with Gasteiger partial charge in [0.25, 0.3) is 0 Å². The number of hydrogen-bond donors (Lipinski definition) is 1. The second-order valence-electron chi connectivity index (χ2n) is 8.55. The molecule has 1 atom stereocenters. The summed E-state index contributed by atoms with van der Waals surface area (Å²) in [4.78, 5) is 22.5. The summed E-state index contributed by atoms with van der Waals surface area (Å²) in [5.41, 5.74) is 1.25. The SMILES string of the molecule is CC(C)Oc1ncc(Cl)c(Nc2ccc([C@H]3CN(C(=O)OC(C)(C)C)CCO3)cc2)n1. The van der Waals surface area contributed by atoms with Crippen molar-refractivity contribution in [2.45, 2.75) is 52.4 Å². The first-order valence-electron chi connectivity index (χ1n) is 10.3. The van der Waals surface area contributed by atoms with Gasteiger partial charge in [-0.25, -0.2) is 9.78 Å². The third-order valence-electron chi connectivity index (χ3n) is 4.33. The maximum Gasteiger partial charge on any atom is 0.410 e. The highest BCUT2D eigenvalue weighted by Crippen LogP contribution is 2.28. The molecule has 1 N–H and O–H groups in total. The van der Waals surface area contributed by atoms with Gasteiger partial charge in [-0.05, 0) is 52.3 Å². The molecule has 8 nitrogen and oxygen atoms in total. The number of anilines is 2. The monoisotopic (exact) mass is 448 g/mol. The largest absolute Gasteiger partial charge is 0.461 e. The van der Waals surface area contributed by atoms with Crippen LogP contribution in [0.2, 0.25) is 5.02 Å². The minimum absolute atomic E-state index is 0.0379. The van der Waals surface area contributed by atoms with Gasteiger partial charge in [0.15, 0.2) is 5.82 Å². The summed E-state index contributed by atoms with van der Waals surface area (Å²) in [6.45, 7) is 10.8. The topological polar surface area (TPSA) is 85.8 Å². The lowest BCUT2D eigenvalue weighted by Gasteiger charge is -2.34. The lowest BCUT2D eigenvalue weighted by atomic mass is 10.1. The number of benzene rings is 1. The van der Waals surface area contributed by atoms with E-state index in [2.05, 4.69) is 15.3 Å². The third kappa shape index (κ3) is 6.70. The molecule has 2 heterocycles. The minimum Gasteiger partial charge on any atom is -0.461 e. The van der Waals surface area contributed by atoms with Gasteiger partial charge in [-0.15, -0.1) is 0 Å². The number of rotatable bonds is 5. The molecule has 31 heavy (non-hydrogen) atoms. The molecule has 1 aromatic heterocycles. The Morgan fingerprint density at radius 2 is 2.00 bits per heavy atom. The van der Waals surface area contributed by atoms with Crippen molar-refractivity contribution in [3.05, 3.63) is 41.0 Å². The number of ether oxygens (including phenoxy) is 3. The van der Waals surface area contributed by atoms with Crippen molar-refractivity contribution >= 4 is 29.2 Å². The fourth-order valence-corrected chi connectivity index (χ4v) is 3.11. The van der Waals surface area contributed by atoms with Crippen LogP contribution >= 0.6 is 11.6 Å². The predicted octanol–water partition coefficient (Wildman–Crippen LogP) is 4.97. The van der Waals surface area contributed by atoms with Crippen LogP contribution in [0.5, 0.6) is 6.01 Å². The van der Waals surface area contributed by atoms with E-state index in [9.17, 15) is 4.79 Å². The summed E-state index contributed by atoms with van der Waals surface area (Å²) >= 11 is 6.21. The van der Waals surface area contributed by atoms with E-state index in [0.717, 1.165) is 11.3 Å². The van der Waals surface area contributed by atoms with E-state index < -0.39 is 5.60 Å². The first-order chi connectivity index (χ1) is 14.6. The van der Waals surface area contributed by atoms with Gasteiger partial charge in [-0.3, -0.25) is 0 Å². The molecule has 1 fully saturated rings. The highest BCUT2D eigenvalue weighted by atomic mass is 35.5. The van der Waals surface area contributed by atoms with Gasteiger partial charge in [0.05, 0.1) is 25.5 Å². The zero-order valence-electron chi connectivity index (χ0n) is 18.5. The average Bonchev–Trinajstić information content (AvgIpc) is 2.69. The first kappa shape index (κ1) is 23.1. The van der Waals surface area contributed by atoms with E-state index in [0.29, 0.717) is 30.5 Å². The quantitative estimate of drug-likeness (QED) is 0.691. The minimum atomic E-state index is -0.527. The standard InChI is InChI=1S/C22H29ClN4O4/c1-14(2)30-20-24-12-17(23)19(26-20)25-16-8-6-15(7-9-16)18-13-27(10-11-29-18)21(28)31-22(3,4)5/h6-9,12,14,18H,10-11,13H2,1-5H3,(H,24,25,26)/t18-/m1/s1. The first-order valence-corrected chi connectivity index (χ1v) is 10.6. The molecular weight excluding hydrogens is 420 g/mol. The lowest BCUT2D eigenvalue weighted by Crippen LogP contribution is -2.44. The summed E-state index contributed by atoms with van der Waals surface area (Å²) in [6.07, 6.45) is 0.925. The number of carbonyl (C=O) groups excluding carboxylic acids is 1. The molecule has 0 spiro atoms. The molecule has 1 aromatic carbocycles. The molecule has 0 saturated carbocycles. The predicted molar refractivity (Wildman–Crippen MR) is 119 cm³/mol. The molecule has 9 heteroatoms. The van der Waals surface area contributed by atoms with Crippen molar-refractivity contribution < 1.29 is 19.0 Å². The van der Waals surface area contributed by atoms with Crippen molar-refractivity contribution in [2.24, 2.45) is 0 Å². The number of hydrogen-bond acceptors (Lipinski definition) is 7. The smallest absolute Gasteiger partial charge is 0.410 e. The van der Waals surface area contributed by atoms with Crippen LogP contribution in [0.25, 0.3) is 0 Å². The van der Waals surface area contributed by atoms with Crippen LogP contribution in [0.1, 0.15) is 46.3 Å². The number of morpholine rings is 1. The summed E-state index contributed by atoms with van der Waals surface area (Å²) in [7, 11) is 0. The maximum atomic E-state index is 12.4. The van der Waals surface area contributed by atoms with Crippen molar-refractivity contribution in [3.8, 4) is 6.01 Å². The van der Waals surface area contributed by atoms with E-state index in [1.165, 1.54) is 6.20 Å². The third-order valence-corrected chi connectivity index (χ3v) is 4.60. The normalized spacial score (nSPS) is 16.9. The lowest BCUT2D eigenvalue weighted by molar-refractivity contribution is -0.0432. The Kier molecular flexibility index (Phi) is 7.23. The molecule has 1 saturated heterocycles. The Balaban J connectivity index is 1.66. The molecular formula is C22H29ClN4O4. The van der Waals surface area contributed by atoms with E-state index in [1.54, 1.807) is 4.90 Å². The second kappa shape index (κ2) is 9.70. The molecule has 168 valence electrons. The Morgan fingerprint density at radius 1 is 1.29 bits per heavy atom. The summed E-state index contributed by atoms with van der Waals surface area (Å²) < 4.78 is 16.9. The van der Waals surface area contributed by atoms with Gasteiger partial charge in [-0.1, -0.05) is 23.7 Å². The number of halogens is 1.